The van der Waals surface area contributed by atoms with E-state index in [2.05, 4.69) is 5.32 Å². The summed E-state index contributed by atoms with van der Waals surface area (Å²) in [5.74, 6) is 0.830. The maximum absolute atomic E-state index is 10.9. The van der Waals surface area contributed by atoms with Crippen LogP contribution in [0.5, 0.6) is 5.75 Å². The molecule has 5 heteroatoms. The number of methoxy groups -OCH3 is 1. The van der Waals surface area contributed by atoms with Crippen molar-refractivity contribution in [1.29, 1.82) is 0 Å². The Morgan fingerprint density at radius 2 is 1.85 bits per heavy atom. The van der Waals surface area contributed by atoms with Crippen molar-refractivity contribution in [3.05, 3.63) is 64.2 Å². The first-order chi connectivity index (χ1) is 9.72. The number of benzene rings is 2. The molecule has 0 amide bonds. The molecule has 0 radical (unpaired) electrons. The molecule has 104 valence electrons. The summed E-state index contributed by atoms with van der Waals surface area (Å²) >= 11 is 0. The number of nitro groups is 1. The van der Waals surface area contributed by atoms with Crippen LogP contribution in [0.15, 0.2) is 48.5 Å². The fraction of sp³-hybridized carbons (Fsp3) is 0.200. The number of para-hydroxylation sites is 3. The number of hydrogen-bond donors (Lipinski definition) is 1. The Labute approximate surface area is 117 Å². The molecule has 0 atom stereocenters. The van der Waals surface area contributed by atoms with Gasteiger partial charge in [-0.05, 0) is 24.1 Å². The fourth-order valence-corrected chi connectivity index (χ4v) is 2.02. The summed E-state index contributed by atoms with van der Waals surface area (Å²) in [7, 11) is 1.63. The second-order valence-corrected chi connectivity index (χ2v) is 4.26. The van der Waals surface area contributed by atoms with Crippen LogP contribution in [0.25, 0.3) is 0 Å². The molecule has 0 aromatic heterocycles. The molecule has 0 spiro atoms. The van der Waals surface area contributed by atoms with E-state index in [0.29, 0.717) is 12.2 Å². The summed E-state index contributed by atoms with van der Waals surface area (Å²) in [4.78, 5) is 10.5. The fourth-order valence-electron chi connectivity index (χ4n) is 2.02. The van der Waals surface area contributed by atoms with Gasteiger partial charge >= 0.3 is 0 Å². The van der Waals surface area contributed by atoms with Crippen LogP contribution in [0.2, 0.25) is 0 Å². The van der Waals surface area contributed by atoms with Gasteiger partial charge in [0, 0.05) is 12.6 Å². The van der Waals surface area contributed by atoms with Gasteiger partial charge in [-0.15, -0.1) is 0 Å². The van der Waals surface area contributed by atoms with Gasteiger partial charge in [-0.25, -0.2) is 0 Å². The van der Waals surface area contributed by atoms with Gasteiger partial charge in [0.1, 0.15) is 11.4 Å². The molecule has 2 rings (SSSR count). The average Bonchev–Trinajstić information content (AvgIpc) is 2.48. The number of nitrogens with zero attached hydrogens (tertiary/aromatic N) is 1. The zero-order valence-electron chi connectivity index (χ0n) is 11.2. The maximum atomic E-state index is 10.9. The summed E-state index contributed by atoms with van der Waals surface area (Å²) in [6, 6.07) is 14.4. The van der Waals surface area contributed by atoms with Gasteiger partial charge in [-0.2, -0.15) is 0 Å². The SMILES string of the molecule is COc1ccccc1CCNc1ccccc1[N+](=O)[O-]. The number of ether oxygens (including phenoxy) is 1. The standard InChI is InChI=1S/C15H16N2O3/c1-20-15-9-5-2-6-12(15)10-11-16-13-7-3-4-8-14(13)17(18)19/h2-9,16H,10-11H2,1H3. The molecular formula is C15H16N2O3. The maximum Gasteiger partial charge on any atom is 0.292 e. The molecular weight excluding hydrogens is 256 g/mol. The Balaban J connectivity index is 2.01. The van der Waals surface area contributed by atoms with Gasteiger partial charge in [-0.1, -0.05) is 30.3 Å². The van der Waals surface area contributed by atoms with Crippen molar-refractivity contribution < 1.29 is 9.66 Å². The van der Waals surface area contributed by atoms with E-state index < -0.39 is 0 Å². The molecule has 0 bridgehead atoms. The van der Waals surface area contributed by atoms with Crippen LogP contribution >= 0.6 is 0 Å². The monoisotopic (exact) mass is 272 g/mol. The third-order valence-electron chi connectivity index (χ3n) is 3.00. The predicted octanol–water partition coefficient (Wildman–Crippen LogP) is 3.26. The van der Waals surface area contributed by atoms with Gasteiger partial charge in [0.2, 0.25) is 0 Å². The second-order valence-electron chi connectivity index (χ2n) is 4.26. The number of nitro benzene ring substituents is 1. The molecule has 0 saturated heterocycles. The quantitative estimate of drug-likeness (QED) is 0.647. The van der Waals surface area contributed by atoms with E-state index >= 15 is 0 Å². The third-order valence-corrected chi connectivity index (χ3v) is 3.00. The highest BCUT2D eigenvalue weighted by Crippen LogP contribution is 2.23. The summed E-state index contributed by atoms with van der Waals surface area (Å²) in [6.45, 7) is 0.602. The smallest absolute Gasteiger partial charge is 0.292 e. The van der Waals surface area contributed by atoms with Crippen molar-refractivity contribution in [3.63, 3.8) is 0 Å². The summed E-state index contributed by atoms with van der Waals surface area (Å²) in [5, 5.41) is 14.0. The molecule has 20 heavy (non-hydrogen) atoms. The first kappa shape index (κ1) is 13.9. The van der Waals surface area contributed by atoms with Gasteiger partial charge in [-0.3, -0.25) is 10.1 Å². The van der Waals surface area contributed by atoms with Crippen LogP contribution in [0.4, 0.5) is 11.4 Å². The van der Waals surface area contributed by atoms with Crippen LogP contribution in [-0.4, -0.2) is 18.6 Å². The van der Waals surface area contributed by atoms with Crippen LogP contribution in [0.3, 0.4) is 0 Å². The van der Waals surface area contributed by atoms with Crippen LogP contribution in [0, 0.1) is 10.1 Å². The lowest BCUT2D eigenvalue weighted by Gasteiger charge is -2.10. The topological polar surface area (TPSA) is 64.4 Å². The zero-order chi connectivity index (χ0) is 14.4. The molecule has 0 aliphatic carbocycles. The highest BCUT2D eigenvalue weighted by molar-refractivity contribution is 5.61. The predicted molar refractivity (Wildman–Crippen MR) is 78.3 cm³/mol. The average molecular weight is 272 g/mol. The zero-order valence-corrected chi connectivity index (χ0v) is 11.2. The Morgan fingerprint density at radius 3 is 2.60 bits per heavy atom. The minimum Gasteiger partial charge on any atom is -0.496 e. The van der Waals surface area contributed by atoms with Crippen LogP contribution in [0.1, 0.15) is 5.56 Å². The highest BCUT2D eigenvalue weighted by Gasteiger charge is 2.11. The molecule has 0 saturated carbocycles. The Kier molecular flexibility index (Phi) is 4.55. The largest absolute Gasteiger partial charge is 0.496 e. The van der Waals surface area contributed by atoms with Gasteiger partial charge < -0.3 is 10.1 Å². The summed E-state index contributed by atoms with van der Waals surface area (Å²) in [5.41, 5.74) is 1.70. The highest BCUT2D eigenvalue weighted by atomic mass is 16.6. The first-order valence-corrected chi connectivity index (χ1v) is 6.31. The lowest BCUT2D eigenvalue weighted by molar-refractivity contribution is -0.384. The number of anilines is 1. The molecule has 5 nitrogen and oxygen atoms in total. The Hall–Kier alpha value is -2.56. The van der Waals surface area contributed by atoms with Crippen molar-refractivity contribution in [2.45, 2.75) is 6.42 Å². The van der Waals surface area contributed by atoms with E-state index in [4.69, 9.17) is 4.74 Å². The molecule has 0 aliphatic heterocycles. The van der Waals surface area contributed by atoms with E-state index in [1.807, 2.05) is 24.3 Å². The molecule has 1 N–H and O–H groups in total. The van der Waals surface area contributed by atoms with E-state index in [0.717, 1.165) is 17.7 Å². The summed E-state index contributed by atoms with van der Waals surface area (Å²) in [6.07, 6.45) is 0.732. The molecule has 0 fully saturated rings. The lowest BCUT2D eigenvalue weighted by Crippen LogP contribution is -2.07. The van der Waals surface area contributed by atoms with Gasteiger partial charge in [0.05, 0.1) is 12.0 Å². The van der Waals surface area contributed by atoms with Crippen LogP contribution in [-0.2, 0) is 6.42 Å². The minimum atomic E-state index is -0.383. The minimum absolute atomic E-state index is 0.0903. The van der Waals surface area contributed by atoms with Crippen molar-refractivity contribution >= 4 is 11.4 Å². The van der Waals surface area contributed by atoms with Gasteiger partial charge in [0.15, 0.2) is 0 Å². The lowest BCUT2D eigenvalue weighted by atomic mass is 10.1. The Bertz CT molecular complexity index is 599. The second kappa shape index (κ2) is 6.56. The van der Waals surface area contributed by atoms with Crippen LogP contribution < -0.4 is 10.1 Å². The molecule has 0 unspecified atom stereocenters. The number of hydrogen-bond acceptors (Lipinski definition) is 4. The van der Waals surface area contributed by atoms with E-state index in [-0.39, 0.29) is 10.6 Å². The van der Waals surface area contributed by atoms with Gasteiger partial charge in [0.25, 0.3) is 5.69 Å². The van der Waals surface area contributed by atoms with Crippen molar-refractivity contribution in [3.8, 4) is 5.75 Å². The number of nitrogens with one attached hydrogen (secondary N) is 1. The first-order valence-electron chi connectivity index (χ1n) is 6.31. The van der Waals surface area contributed by atoms with Crippen molar-refractivity contribution in [2.75, 3.05) is 19.0 Å². The van der Waals surface area contributed by atoms with E-state index in [1.54, 1.807) is 25.3 Å². The normalized spacial score (nSPS) is 10.1. The third kappa shape index (κ3) is 3.26. The van der Waals surface area contributed by atoms with E-state index in [9.17, 15) is 10.1 Å². The Morgan fingerprint density at radius 1 is 1.15 bits per heavy atom. The van der Waals surface area contributed by atoms with E-state index in [1.165, 1.54) is 6.07 Å². The molecule has 2 aromatic carbocycles. The molecule has 0 heterocycles. The molecule has 2 aromatic rings. The molecule has 0 aliphatic rings. The summed E-state index contributed by atoms with van der Waals surface area (Å²) < 4.78 is 5.27. The van der Waals surface area contributed by atoms with Crippen molar-refractivity contribution in [1.82, 2.24) is 0 Å². The van der Waals surface area contributed by atoms with Crippen molar-refractivity contribution in [2.24, 2.45) is 0 Å². The number of rotatable bonds is 6.